The van der Waals surface area contributed by atoms with Gasteiger partial charge in [0.1, 0.15) is 11.8 Å². The van der Waals surface area contributed by atoms with Crippen molar-refractivity contribution in [3.63, 3.8) is 0 Å². The molecule has 1 saturated heterocycles. The van der Waals surface area contributed by atoms with Crippen molar-refractivity contribution in [2.24, 2.45) is 5.92 Å². The highest BCUT2D eigenvalue weighted by Gasteiger charge is 2.29. The third kappa shape index (κ3) is 4.71. The smallest absolute Gasteiger partial charge is 0.251 e. The number of piperazine rings is 1. The van der Waals surface area contributed by atoms with Crippen molar-refractivity contribution in [3.05, 3.63) is 29.8 Å². The summed E-state index contributed by atoms with van der Waals surface area (Å²) in [6.45, 7) is 9.34. The van der Waals surface area contributed by atoms with Crippen LogP contribution in [0.5, 0.6) is 5.75 Å². The fourth-order valence-corrected chi connectivity index (χ4v) is 2.69. The van der Waals surface area contributed by atoms with Crippen LogP contribution >= 0.6 is 0 Å². The minimum absolute atomic E-state index is 0.00853. The van der Waals surface area contributed by atoms with Crippen molar-refractivity contribution in [3.8, 4) is 5.75 Å². The first-order valence-corrected chi connectivity index (χ1v) is 8.56. The van der Waals surface area contributed by atoms with Gasteiger partial charge in [0.15, 0.2) is 0 Å². The molecule has 6 heteroatoms. The number of rotatable bonds is 6. The quantitative estimate of drug-likeness (QED) is 0.822. The van der Waals surface area contributed by atoms with Gasteiger partial charge in [-0.2, -0.15) is 0 Å². The largest absolute Gasteiger partial charge is 0.494 e. The fraction of sp³-hybridized carbons (Fsp3) is 0.556. The van der Waals surface area contributed by atoms with E-state index in [1.165, 1.54) is 0 Å². The lowest BCUT2D eigenvalue weighted by Gasteiger charge is -2.32. The van der Waals surface area contributed by atoms with Crippen molar-refractivity contribution in [2.45, 2.75) is 26.8 Å². The molecule has 1 aromatic rings. The molecule has 1 aromatic carbocycles. The Hall–Kier alpha value is -2.08. The molecular weight excluding hydrogens is 306 g/mol. The third-order valence-electron chi connectivity index (χ3n) is 4.08. The van der Waals surface area contributed by atoms with Crippen LogP contribution in [0, 0.1) is 5.92 Å². The van der Waals surface area contributed by atoms with Gasteiger partial charge in [0.2, 0.25) is 5.91 Å². The zero-order chi connectivity index (χ0) is 17.5. The van der Waals surface area contributed by atoms with Crippen LogP contribution in [-0.2, 0) is 4.79 Å². The van der Waals surface area contributed by atoms with Gasteiger partial charge in [-0.05, 0) is 37.1 Å². The van der Waals surface area contributed by atoms with Crippen LogP contribution in [0.15, 0.2) is 24.3 Å². The molecular formula is C18H27N3O3. The molecule has 2 N–H and O–H groups in total. The van der Waals surface area contributed by atoms with Gasteiger partial charge in [0.05, 0.1) is 6.61 Å². The molecule has 2 amide bonds. The van der Waals surface area contributed by atoms with E-state index in [2.05, 4.69) is 10.6 Å². The second kappa shape index (κ2) is 8.68. The lowest BCUT2D eigenvalue weighted by Crippen LogP contribution is -2.55. The van der Waals surface area contributed by atoms with E-state index in [4.69, 9.17) is 4.74 Å². The predicted octanol–water partition coefficient (Wildman–Crippen LogP) is 1.27. The van der Waals surface area contributed by atoms with Gasteiger partial charge < -0.3 is 20.3 Å². The molecule has 6 nitrogen and oxygen atoms in total. The molecule has 0 aromatic heterocycles. The van der Waals surface area contributed by atoms with E-state index in [-0.39, 0.29) is 17.7 Å². The van der Waals surface area contributed by atoms with E-state index < -0.39 is 6.04 Å². The minimum Gasteiger partial charge on any atom is -0.494 e. The molecule has 0 radical (unpaired) electrons. The predicted molar refractivity (Wildman–Crippen MR) is 93.2 cm³/mol. The maximum atomic E-state index is 12.7. The van der Waals surface area contributed by atoms with Crippen LogP contribution < -0.4 is 15.4 Å². The van der Waals surface area contributed by atoms with E-state index in [1.807, 2.05) is 25.7 Å². The molecule has 1 atom stereocenters. The topological polar surface area (TPSA) is 70.7 Å². The zero-order valence-corrected chi connectivity index (χ0v) is 14.7. The lowest BCUT2D eigenvalue weighted by atomic mass is 10.0. The average molecular weight is 333 g/mol. The van der Waals surface area contributed by atoms with E-state index in [0.717, 1.165) is 18.8 Å². The number of hydrogen-bond acceptors (Lipinski definition) is 4. The minimum atomic E-state index is -0.512. The van der Waals surface area contributed by atoms with Crippen molar-refractivity contribution in [1.82, 2.24) is 15.5 Å². The molecule has 0 spiro atoms. The number of carbonyl (C=O) groups excluding carboxylic acids is 2. The highest BCUT2D eigenvalue weighted by molar-refractivity contribution is 5.97. The second-order valence-electron chi connectivity index (χ2n) is 6.23. The van der Waals surface area contributed by atoms with Gasteiger partial charge in [-0.1, -0.05) is 13.8 Å². The van der Waals surface area contributed by atoms with Crippen molar-refractivity contribution in [1.29, 1.82) is 0 Å². The highest BCUT2D eigenvalue weighted by atomic mass is 16.5. The van der Waals surface area contributed by atoms with Crippen molar-refractivity contribution < 1.29 is 14.3 Å². The third-order valence-corrected chi connectivity index (χ3v) is 4.08. The Labute approximate surface area is 143 Å². The Morgan fingerprint density at radius 2 is 1.83 bits per heavy atom. The summed E-state index contributed by atoms with van der Waals surface area (Å²) in [4.78, 5) is 27.0. The van der Waals surface area contributed by atoms with Crippen molar-refractivity contribution >= 4 is 11.8 Å². The first-order chi connectivity index (χ1) is 11.5. The molecule has 1 aliphatic rings. The summed E-state index contributed by atoms with van der Waals surface area (Å²) in [7, 11) is 0. The Kier molecular flexibility index (Phi) is 6.61. The van der Waals surface area contributed by atoms with Gasteiger partial charge in [-0.25, -0.2) is 0 Å². The lowest BCUT2D eigenvalue weighted by molar-refractivity contribution is -0.134. The van der Waals surface area contributed by atoms with E-state index in [9.17, 15) is 9.59 Å². The molecule has 2 rings (SSSR count). The average Bonchev–Trinajstić information content (AvgIpc) is 2.60. The maximum Gasteiger partial charge on any atom is 0.251 e. The summed E-state index contributed by atoms with van der Waals surface area (Å²) >= 11 is 0. The summed E-state index contributed by atoms with van der Waals surface area (Å²) in [5, 5.41) is 6.12. The SMILES string of the molecule is CCOc1ccc(C(=O)NC(C(=O)N2CCNCC2)C(C)C)cc1. The molecule has 0 saturated carbocycles. The Morgan fingerprint density at radius 1 is 1.21 bits per heavy atom. The van der Waals surface area contributed by atoms with Crippen LogP contribution in [0.1, 0.15) is 31.1 Å². The van der Waals surface area contributed by atoms with Gasteiger partial charge in [-0.15, -0.1) is 0 Å². The molecule has 24 heavy (non-hydrogen) atoms. The zero-order valence-electron chi connectivity index (χ0n) is 14.7. The Morgan fingerprint density at radius 3 is 2.38 bits per heavy atom. The first kappa shape index (κ1) is 18.3. The number of carbonyl (C=O) groups is 2. The Bertz CT molecular complexity index is 551. The van der Waals surface area contributed by atoms with Crippen LogP contribution in [0.2, 0.25) is 0 Å². The number of nitrogens with one attached hydrogen (secondary N) is 2. The molecule has 0 bridgehead atoms. The summed E-state index contributed by atoms with van der Waals surface area (Å²) < 4.78 is 5.38. The summed E-state index contributed by atoms with van der Waals surface area (Å²) in [6.07, 6.45) is 0. The molecule has 1 unspecified atom stereocenters. The first-order valence-electron chi connectivity index (χ1n) is 8.56. The normalized spacial score (nSPS) is 15.9. The van der Waals surface area contributed by atoms with E-state index in [1.54, 1.807) is 24.3 Å². The molecule has 0 aliphatic carbocycles. The molecule has 1 fully saturated rings. The van der Waals surface area contributed by atoms with Crippen molar-refractivity contribution in [2.75, 3.05) is 32.8 Å². The van der Waals surface area contributed by atoms with Gasteiger partial charge in [0, 0.05) is 31.7 Å². The van der Waals surface area contributed by atoms with Crippen LogP contribution in [0.3, 0.4) is 0 Å². The molecule has 1 heterocycles. The van der Waals surface area contributed by atoms with Gasteiger partial charge >= 0.3 is 0 Å². The number of ether oxygens (including phenoxy) is 1. The number of benzene rings is 1. The second-order valence-corrected chi connectivity index (χ2v) is 6.23. The monoisotopic (exact) mass is 333 g/mol. The van der Waals surface area contributed by atoms with Gasteiger partial charge in [0.25, 0.3) is 5.91 Å². The van der Waals surface area contributed by atoms with Crippen LogP contribution in [0.25, 0.3) is 0 Å². The summed E-state index contributed by atoms with van der Waals surface area (Å²) in [5.41, 5.74) is 0.525. The highest BCUT2D eigenvalue weighted by Crippen LogP contribution is 2.13. The summed E-state index contributed by atoms with van der Waals surface area (Å²) in [5.74, 6) is 0.511. The van der Waals surface area contributed by atoms with E-state index in [0.29, 0.717) is 25.3 Å². The van der Waals surface area contributed by atoms with E-state index >= 15 is 0 Å². The maximum absolute atomic E-state index is 12.7. The van der Waals surface area contributed by atoms with Gasteiger partial charge in [-0.3, -0.25) is 9.59 Å². The van der Waals surface area contributed by atoms with Crippen LogP contribution in [0.4, 0.5) is 0 Å². The fourth-order valence-electron chi connectivity index (χ4n) is 2.69. The molecule has 1 aliphatic heterocycles. The molecule has 132 valence electrons. The Balaban J connectivity index is 2.03. The number of hydrogen-bond donors (Lipinski definition) is 2. The number of amides is 2. The van der Waals surface area contributed by atoms with Crippen LogP contribution in [-0.4, -0.2) is 55.5 Å². The standard InChI is InChI=1S/C18H27N3O3/c1-4-24-15-7-5-14(6-8-15)17(22)20-16(13(2)3)18(23)21-11-9-19-10-12-21/h5-8,13,16,19H,4,9-12H2,1-3H3,(H,20,22). The number of nitrogens with zero attached hydrogens (tertiary/aromatic N) is 1. The summed E-state index contributed by atoms with van der Waals surface area (Å²) in [6, 6.07) is 6.45.